The van der Waals surface area contributed by atoms with Crippen LogP contribution in [0.2, 0.25) is 5.02 Å². The number of rotatable bonds is 6. The normalized spacial score (nSPS) is 11.7. The number of guanidine groups is 1. The lowest BCUT2D eigenvalue weighted by atomic mass is 10.2. The fourth-order valence-corrected chi connectivity index (χ4v) is 2.49. The Balaban J connectivity index is 0.00000320. The van der Waals surface area contributed by atoms with E-state index in [1.165, 1.54) is 24.3 Å². The molecule has 0 aliphatic rings. The Morgan fingerprint density at radius 1 is 1.20 bits per heavy atom. The SMILES string of the molecule is I.NC(=NCCc1nc(-c2cccc(Cl)c2)no1)Nc1ccc(OC(F)(F)F)cc1. The Morgan fingerprint density at radius 3 is 2.60 bits per heavy atom. The molecule has 1 heterocycles. The Bertz CT molecular complexity index is 996. The number of benzene rings is 2. The summed E-state index contributed by atoms with van der Waals surface area (Å²) in [5, 5.41) is 7.22. The molecule has 3 rings (SSSR count). The summed E-state index contributed by atoms with van der Waals surface area (Å²) in [6.07, 6.45) is -4.38. The highest BCUT2D eigenvalue weighted by Crippen LogP contribution is 2.24. The van der Waals surface area contributed by atoms with Gasteiger partial charge in [0.05, 0.1) is 6.54 Å². The van der Waals surface area contributed by atoms with Crippen LogP contribution in [0.3, 0.4) is 0 Å². The summed E-state index contributed by atoms with van der Waals surface area (Å²) in [6.45, 7) is 0.269. The molecule has 0 radical (unpaired) electrons. The highest BCUT2D eigenvalue weighted by molar-refractivity contribution is 14.0. The monoisotopic (exact) mass is 553 g/mol. The maximum Gasteiger partial charge on any atom is 0.573 e. The maximum atomic E-state index is 12.1. The van der Waals surface area contributed by atoms with Crippen LogP contribution in [-0.2, 0) is 6.42 Å². The number of aromatic nitrogens is 2. The number of nitrogens with zero attached hydrogens (tertiary/aromatic N) is 3. The largest absolute Gasteiger partial charge is 0.573 e. The van der Waals surface area contributed by atoms with Crippen LogP contribution in [0.15, 0.2) is 58.0 Å². The van der Waals surface area contributed by atoms with Crippen molar-refractivity contribution in [2.24, 2.45) is 10.7 Å². The average Bonchev–Trinajstić information content (AvgIpc) is 3.11. The number of nitrogens with two attached hydrogens (primary N) is 1. The molecule has 0 amide bonds. The van der Waals surface area contributed by atoms with E-state index in [0.717, 1.165) is 5.56 Å². The highest BCUT2D eigenvalue weighted by Gasteiger charge is 2.30. The molecule has 3 N–H and O–H groups in total. The molecule has 0 spiro atoms. The number of alkyl halides is 3. The van der Waals surface area contributed by atoms with Crippen LogP contribution in [0.25, 0.3) is 11.4 Å². The van der Waals surface area contributed by atoms with E-state index < -0.39 is 6.36 Å². The molecule has 0 fully saturated rings. The topological polar surface area (TPSA) is 98.6 Å². The van der Waals surface area contributed by atoms with Crippen molar-refractivity contribution >= 4 is 47.2 Å². The van der Waals surface area contributed by atoms with Gasteiger partial charge in [-0.15, -0.1) is 37.1 Å². The summed E-state index contributed by atoms with van der Waals surface area (Å²) >= 11 is 5.94. The van der Waals surface area contributed by atoms with Crippen molar-refractivity contribution in [1.82, 2.24) is 10.1 Å². The molecule has 7 nitrogen and oxygen atoms in total. The van der Waals surface area contributed by atoms with Crippen molar-refractivity contribution in [2.75, 3.05) is 11.9 Å². The number of halogens is 5. The zero-order chi connectivity index (χ0) is 20.9. The van der Waals surface area contributed by atoms with Crippen molar-refractivity contribution in [3.63, 3.8) is 0 Å². The molecule has 160 valence electrons. The Morgan fingerprint density at radius 2 is 1.93 bits per heavy atom. The van der Waals surface area contributed by atoms with E-state index in [4.69, 9.17) is 21.9 Å². The number of hydrogen-bond donors (Lipinski definition) is 2. The maximum absolute atomic E-state index is 12.1. The van der Waals surface area contributed by atoms with E-state index in [2.05, 4.69) is 25.2 Å². The first-order valence-corrected chi connectivity index (χ1v) is 8.67. The van der Waals surface area contributed by atoms with Gasteiger partial charge in [-0.1, -0.05) is 28.9 Å². The van der Waals surface area contributed by atoms with Gasteiger partial charge < -0.3 is 20.3 Å². The minimum Gasteiger partial charge on any atom is -0.406 e. The van der Waals surface area contributed by atoms with E-state index in [-0.39, 0.29) is 42.2 Å². The summed E-state index contributed by atoms with van der Waals surface area (Å²) in [7, 11) is 0. The van der Waals surface area contributed by atoms with Crippen LogP contribution in [-0.4, -0.2) is 29.0 Å². The van der Waals surface area contributed by atoms with E-state index in [0.29, 0.717) is 28.8 Å². The van der Waals surface area contributed by atoms with Gasteiger partial charge in [-0.2, -0.15) is 4.98 Å². The van der Waals surface area contributed by atoms with Crippen molar-refractivity contribution < 1.29 is 22.4 Å². The van der Waals surface area contributed by atoms with Gasteiger partial charge in [0.25, 0.3) is 0 Å². The molecule has 3 aromatic rings. The van der Waals surface area contributed by atoms with Crippen molar-refractivity contribution in [2.45, 2.75) is 12.8 Å². The third-order valence-electron chi connectivity index (χ3n) is 3.52. The van der Waals surface area contributed by atoms with Gasteiger partial charge in [0.15, 0.2) is 5.96 Å². The van der Waals surface area contributed by atoms with E-state index in [1.807, 2.05) is 6.07 Å². The fourth-order valence-electron chi connectivity index (χ4n) is 2.30. The Labute approximate surface area is 191 Å². The highest BCUT2D eigenvalue weighted by atomic mass is 127. The fraction of sp³-hybridized carbons (Fsp3) is 0.167. The number of anilines is 1. The lowest BCUT2D eigenvalue weighted by molar-refractivity contribution is -0.274. The quantitative estimate of drug-likeness (QED) is 0.257. The molecule has 12 heteroatoms. The summed E-state index contributed by atoms with van der Waals surface area (Å²) in [5.41, 5.74) is 6.96. The van der Waals surface area contributed by atoms with Crippen molar-refractivity contribution in [3.05, 3.63) is 59.4 Å². The lowest BCUT2D eigenvalue weighted by Gasteiger charge is -2.10. The number of nitrogens with one attached hydrogen (secondary N) is 1. The molecule has 0 saturated heterocycles. The number of ether oxygens (including phenoxy) is 1. The van der Waals surface area contributed by atoms with E-state index in [1.54, 1.807) is 18.2 Å². The summed E-state index contributed by atoms with van der Waals surface area (Å²) in [5.74, 6) is 0.554. The van der Waals surface area contributed by atoms with Gasteiger partial charge >= 0.3 is 6.36 Å². The molecule has 0 aliphatic carbocycles. The zero-order valence-electron chi connectivity index (χ0n) is 15.2. The lowest BCUT2D eigenvalue weighted by Crippen LogP contribution is -2.23. The molecule has 0 unspecified atom stereocenters. The molecule has 1 aromatic heterocycles. The molecule has 0 atom stereocenters. The van der Waals surface area contributed by atoms with Crippen LogP contribution >= 0.6 is 35.6 Å². The first-order valence-electron chi connectivity index (χ1n) is 8.30. The van der Waals surface area contributed by atoms with Gasteiger partial charge in [0.2, 0.25) is 11.7 Å². The molecular formula is C18H16ClF3IN5O2. The minimum atomic E-state index is -4.74. The molecular weight excluding hydrogens is 538 g/mol. The second kappa shape index (κ2) is 10.5. The average molecular weight is 554 g/mol. The predicted molar refractivity (Wildman–Crippen MR) is 117 cm³/mol. The second-order valence-electron chi connectivity index (χ2n) is 5.74. The Kier molecular flexibility index (Phi) is 8.29. The smallest absolute Gasteiger partial charge is 0.406 e. The van der Waals surface area contributed by atoms with E-state index >= 15 is 0 Å². The third kappa shape index (κ3) is 7.37. The van der Waals surface area contributed by atoms with Crippen LogP contribution in [0, 0.1) is 0 Å². The predicted octanol–water partition coefficient (Wildman–Crippen LogP) is 4.88. The first kappa shape index (κ1) is 23.7. The molecule has 0 bridgehead atoms. The standard InChI is InChI=1S/C18H15ClF3N5O2.HI/c19-12-3-1-2-11(10-12)16-26-15(29-27-16)8-9-24-17(23)25-13-4-6-14(7-5-13)28-18(20,21)22;/h1-7,10H,8-9H2,(H3,23,24,25);1H. The van der Waals surface area contributed by atoms with Crippen molar-refractivity contribution in [3.8, 4) is 17.1 Å². The van der Waals surface area contributed by atoms with Gasteiger partial charge in [-0.25, -0.2) is 0 Å². The summed E-state index contributed by atoms with van der Waals surface area (Å²) in [6, 6.07) is 12.2. The molecule has 0 aliphatic heterocycles. The second-order valence-corrected chi connectivity index (χ2v) is 6.17. The van der Waals surface area contributed by atoms with Crippen LogP contribution < -0.4 is 15.8 Å². The van der Waals surface area contributed by atoms with Crippen LogP contribution in [0.5, 0.6) is 5.75 Å². The minimum absolute atomic E-state index is 0. The molecule has 30 heavy (non-hydrogen) atoms. The zero-order valence-corrected chi connectivity index (χ0v) is 18.3. The van der Waals surface area contributed by atoms with Gasteiger partial charge in [-0.05, 0) is 36.4 Å². The van der Waals surface area contributed by atoms with Crippen molar-refractivity contribution in [1.29, 1.82) is 0 Å². The van der Waals surface area contributed by atoms with Gasteiger partial charge in [0.1, 0.15) is 5.75 Å². The van der Waals surface area contributed by atoms with Crippen LogP contribution in [0.1, 0.15) is 5.89 Å². The van der Waals surface area contributed by atoms with Gasteiger partial charge in [-0.3, -0.25) is 4.99 Å². The first-order chi connectivity index (χ1) is 13.8. The summed E-state index contributed by atoms with van der Waals surface area (Å²) < 4.78 is 45.4. The number of aliphatic imine (C=N–C) groups is 1. The third-order valence-corrected chi connectivity index (χ3v) is 3.75. The number of hydrogen-bond acceptors (Lipinski definition) is 5. The van der Waals surface area contributed by atoms with Gasteiger partial charge in [0, 0.05) is 22.7 Å². The molecule has 2 aromatic carbocycles. The Hall–Kier alpha value is -2.54. The van der Waals surface area contributed by atoms with Crippen LogP contribution in [0.4, 0.5) is 18.9 Å². The summed E-state index contributed by atoms with van der Waals surface area (Å²) in [4.78, 5) is 8.38. The molecule has 0 saturated carbocycles. The van der Waals surface area contributed by atoms with E-state index in [9.17, 15) is 13.2 Å².